The van der Waals surface area contributed by atoms with Crippen molar-refractivity contribution in [3.8, 4) is 0 Å². The van der Waals surface area contributed by atoms with E-state index in [0.717, 1.165) is 23.2 Å². The van der Waals surface area contributed by atoms with Gasteiger partial charge < -0.3 is 5.73 Å². The summed E-state index contributed by atoms with van der Waals surface area (Å²) in [4.78, 5) is 16.0. The molecule has 100 valence electrons. The fourth-order valence-electron chi connectivity index (χ4n) is 2.02. The van der Waals surface area contributed by atoms with Gasteiger partial charge in [0, 0.05) is 16.4 Å². The third-order valence-corrected chi connectivity index (χ3v) is 3.08. The molecule has 0 unspecified atom stereocenters. The lowest BCUT2D eigenvalue weighted by molar-refractivity contribution is 0.112. The number of carbonyl (C=O) groups excluding carboxylic acids is 1. The van der Waals surface area contributed by atoms with Crippen molar-refractivity contribution in [2.24, 2.45) is 0 Å². The van der Waals surface area contributed by atoms with Gasteiger partial charge in [0.1, 0.15) is 0 Å². The summed E-state index contributed by atoms with van der Waals surface area (Å²) >= 11 is 0. The number of anilines is 1. The number of nitrogens with zero attached hydrogens (tertiary/aromatic N) is 1. The molecule has 0 aliphatic rings. The number of rotatable bonds is 1. The minimum Gasteiger partial charge on any atom is -0.397 e. The van der Waals surface area contributed by atoms with Crippen LogP contribution in [-0.4, -0.2) is 11.3 Å². The van der Waals surface area contributed by atoms with Gasteiger partial charge in [0.25, 0.3) is 0 Å². The van der Waals surface area contributed by atoms with Crippen molar-refractivity contribution in [1.29, 1.82) is 0 Å². The predicted octanol–water partition coefficient (Wildman–Crippen LogP) is 3.38. The average Bonchev–Trinajstić information content (AvgIpc) is 2.17. The zero-order valence-electron chi connectivity index (χ0n) is 12.5. The third kappa shape index (κ3) is 2.55. The van der Waals surface area contributed by atoms with Crippen molar-refractivity contribution in [3.63, 3.8) is 0 Å². The molecule has 0 saturated carbocycles. The Morgan fingerprint density at radius 2 is 1.44 bits per heavy atom. The van der Waals surface area contributed by atoms with Gasteiger partial charge in [0.2, 0.25) is 0 Å². The van der Waals surface area contributed by atoms with Crippen molar-refractivity contribution >= 4 is 12.0 Å². The van der Waals surface area contributed by atoms with Gasteiger partial charge in [0.15, 0.2) is 6.29 Å². The molecule has 0 amide bonds. The molecule has 1 aromatic heterocycles. The van der Waals surface area contributed by atoms with E-state index in [1.165, 1.54) is 0 Å². The van der Waals surface area contributed by atoms with E-state index in [-0.39, 0.29) is 10.8 Å². The highest BCUT2D eigenvalue weighted by atomic mass is 16.1. The molecule has 0 aliphatic carbocycles. The van der Waals surface area contributed by atoms with Crippen LogP contribution in [0.15, 0.2) is 0 Å². The number of nitrogen functional groups attached to an aromatic ring is 1. The highest BCUT2D eigenvalue weighted by molar-refractivity contribution is 5.83. The van der Waals surface area contributed by atoms with E-state index < -0.39 is 0 Å². The lowest BCUT2D eigenvalue weighted by atomic mass is 9.83. The Balaban J connectivity index is 3.73. The van der Waals surface area contributed by atoms with E-state index in [4.69, 9.17) is 10.7 Å². The maximum absolute atomic E-state index is 11.3. The molecule has 2 N–H and O–H groups in total. The van der Waals surface area contributed by atoms with Crippen LogP contribution in [0.25, 0.3) is 0 Å². The Labute approximate surface area is 110 Å². The molecular formula is C15H24N2O. The molecule has 0 spiro atoms. The Hall–Kier alpha value is -1.38. The maximum atomic E-state index is 11.3. The minimum atomic E-state index is -0.172. The Bertz CT molecular complexity index is 477. The number of carbonyl (C=O) groups is 1. The number of nitrogens with two attached hydrogens (primary N) is 1. The molecule has 1 rings (SSSR count). The first-order valence-corrected chi connectivity index (χ1v) is 6.26. The molecule has 0 aliphatic heterocycles. The van der Waals surface area contributed by atoms with Gasteiger partial charge in [-0.3, -0.25) is 9.78 Å². The molecule has 3 heteroatoms. The minimum absolute atomic E-state index is 0.129. The van der Waals surface area contributed by atoms with E-state index in [9.17, 15) is 4.79 Å². The number of hydrogen-bond donors (Lipinski definition) is 1. The lowest BCUT2D eigenvalue weighted by Gasteiger charge is -2.28. The van der Waals surface area contributed by atoms with Crippen LogP contribution in [0, 0.1) is 6.92 Å². The van der Waals surface area contributed by atoms with Gasteiger partial charge >= 0.3 is 0 Å². The van der Waals surface area contributed by atoms with E-state index in [1.54, 1.807) is 0 Å². The van der Waals surface area contributed by atoms with Crippen LogP contribution in [0.4, 0.5) is 5.69 Å². The summed E-state index contributed by atoms with van der Waals surface area (Å²) in [6.07, 6.45) is 0.867. The first-order valence-electron chi connectivity index (χ1n) is 6.26. The van der Waals surface area contributed by atoms with E-state index in [0.29, 0.717) is 11.3 Å². The maximum Gasteiger partial charge on any atom is 0.152 e. The van der Waals surface area contributed by atoms with Crippen LogP contribution >= 0.6 is 0 Å². The van der Waals surface area contributed by atoms with Gasteiger partial charge in [-0.15, -0.1) is 0 Å². The molecule has 3 nitrogen and oxygen atoms in total. The molecule has 1 heterocycles. The second-order valence-electron chi connectivity index (χ2n) is 6.88. The average molecular weight is 248 g/mol. The summed E-state index contributed by atoms with van der Waals surface area (Å²) in [7, 11) is 0. The van der Waals surface area contributed by atoms with Crippen LogP contribution in [0.1, 0.15) is 68.9 Å². The molecule has 0 radical (unpaired) electrons. The van der Waals surface area contributed by atoms with E-state index in [1.807, 2.05) is 6.92 Å². The molecule has 0 fully saturated rings. The van der Waals surface area contributed by atoms with Crippen molar-refractivity contribution in [2.45, 2.75) is 59.3 Å². The smallest absolute Gasteiger partial charge is 0.152 e. The van der Waals surface area contributed by atoms with Crippen molar-refractivity contribution in [2.75, 3.05) is 5.73 Å². The fraction of sp³-hybridized carbons (Fsp3) is 0.600. The van der Waals surface area contributed by atoms with Gasteiger partial charge in [-0.05, 0) is 12.5 Å². The Kier molecular flexibility index (Phi) is 3.57. The number of aromatic nitrogens is 1. The van der Waals surface area contributed by atoms with Crippen molar-refractivity contribution in [1.82, 2.24) is 4.98 Å². The van der Waals surface area contributed by atoms with Crippen molar-refractivity contribution in [3.05, 3.63) is 22.5 Å². The number of pyridine rings is 1. The topological polar surface area (TPSA) is 56.0 Å². The molecule has 0 aromatic carbocycles. The molecule has 0 bridgehead atoms. The standard InChI is InChI=1S/C15H24N2O/c1-9-10(8-18)12(14(2,3)4)17-13(11(9)16)15(5,6)7/h8H,16H2,1-7H3. The van der Waals surface area contributed by atoms with Crippen LogP contribution in [0.2, 0.25) is 0 Å². The highest BCUT2D eigenvalue weighted by Crippen LogP contribution is 2.34. The quantitative estimate of drug-likeness (QED) is 0.775. The number of hydrogen-bond acceptors (Lipinski definition) is 3. The van der Waals surface area contributed by atoms with Gasteiger partial charge in [-0.2, -0.15) is 0 Å². The second kappa shape index (κ2) is 4.38. The highest BCUT2D eigenvalue weighted by Gasteiger charge is 2.28. The summed E-state index contributed by atoms with van der Waals surface area (Å²) in [6.45, 7) is 14.3. The first-order chi connectivity index (χ1) is 8.00. The summed E-state index contributed by atoms with van der Waals surface area (Å²) < 4.78 is 0. The zero-order chi connectivity index (χ0) is 14.3. The van der Waals surface area contributed by atoms with E-state index >= 15 is 0 Å². The zero-order valence-corrected chi connectivity index (χ0v) is 12.5. The normalized spacial score (nSPS) is 12.6. The summed E-state index contributed by atoms with van der Waals surface area (Å²) in [5, 5.41) is 0. The molecule has 0 atom stereocenters. The van der Waals surface area contributed by atoms with Gasteiger partial charge in [0.05, 0.1) is 17.1 Å². The molecule has 1 aromatic rings. The predicted molar refractivity (Wildman–Crippen MR) is 76.2 cm³/mol. The Morgan fingerprint density at radius 3 is 1.78 bits per heavy atom. The van der Waals surface area contributed by atoms with E-state index in [2.05, 4.69) is 41.5 Å². The third-order valence-electron chi connectivity index (χ3n) is 3.08. The van der Waals surface area contributed by atoms with Crippen LogP contribution < -0.4 is 5.73 Å². The summed E-state index contributed by atoms with van der Waals surface area (Å²) in [6, 6.07) is 0. The van der Waals surface area contributed by atoms with Crippen LogP contribution in [-0.2, 0) is 10.8 Å². The monoisotopic (exact) mass is 248 g/mol. The van der Waals surface area contributed by atoms with Gasteiger partial charge in [-0.25, -0.2) is 0 Å². The van der Waals surface area contributed by atoms with Crippen LogP contribution in [0.3, 0.4) is 0 Å². The summed E-state index contributed by atoms with van der Waals surface area (Å²) in [5.74, 6) is 0. The first kappa shape index (κ1) is 14.7. The van der Waals surface area contributed by atoms with Gasteiger partial charge in [-0.1, -0.05) is 41.5 Å². The fourth-order valence-corrected chi connectivity index (χ4v) is 2.02. The largest absolute Gasteiger partial charge is 0.397 e. The summed E-state index contributed by atoms with van der Waals surface area (Å²) in [5.41, 5.74) is 9.65. The molecule has 0 saturated heterocycles. The lowest BCUT2D eigenvalue weighted by Crippen LogP contribution is -2.24. The Morgan fingerprint density at radius 1 is 1.00 bits per heavy atom. The number of aldehydes is 1. The van der Waals surface area contributed by atoms with Crippen LogP contribution in [0.5, 0.6) is 0 Å². The SMILES string of the molecule is Cc1c(N)c(C(C)(C)C)nc(C(C)(C)C)c1C=O. The second-order valence-corrected chi connectivity index (χ2v) is 6.88. The molecule has 18 heavy (non-hydrogen) atoms. The molecular weight excluding hydrogens is 224 g/mol. The van der Waals surface area contributed by atoms with Crippen molar-refractivity contribution < 1.29 is 4.79 Å².